The Bertz CT molecular complexity index is 817. The highest BCUT2D eigenvalue weighted by Crippen LogP contribution is 2.19. The van der Waals surface area contributed by atoms with Gasteiger partial charge in [0.2, 0.25) is 11.8 Å². The number of rotatable bonds is 9. The van der Waals surface area contributed by atoms with Crippen LogP contribution in [0.5, 0.6) is 5.75 Å². The molecule has 2 amide bonds. The fourth-order valence-electron chi connectivity index (χ4n) is 3.01. The molecule has 28 heavy (non-hydrogen) atoms. The molecule has 0 aliphatic carbocycles. The van der Waals surface area contributed by atoms with Crippen LogP contribution < -0.4 is 10.1 Å². The predicted molar refractivity (Wildman–Crippen MR) is 113 cm³/mol. The Morgan fingerprint density at radius 2 is 1.79 bits per heavy atom. The van der Waals surface area contributed by atoms with E-state index in [4.69, 9.17) is 4.74 Å². The minimum absolute atomic E-state index is 0.0462. The second kappa shape index (κ2) is 10.5. The van der Waals surface area contributed by atoms with E-state index in [1.165, 1.54) is 5.56 Å². The van der Waals surface area contributed by atoms with Crippen molar-refractivity contribution in [3.05, 3.63) is 59.2 Å². The fraction of sp³-hybridized carbons (Fsp3) is 0.391. The predicted octanol–water partition coefficient (Wildman–Crippen LogP) is 4.26. The monoisotopic (exact) mass is 382 g/mol. The number of carbonyl (C=O) groups excluding carboxylic acids is 2. The Kier molecular flexibility index (Phi) is 8.05. The van der Waals surface area contributed by atoms with Crippen LogP contribution in [0.25, 0.3) is 0 Å². The number of para-hydroxylation sites is 1. The Balaban J connectivity index is 1.88. The third-order valence-corrected chi connectivity index (χ3v) is 4.50. The van der Waals surface area contributed by atoms with Gasteiger partial charge in [0.25, 0.3) is 0 Å². The maximum Gasteiger partial charge on any atom is 0.244 e. The number of nitrogens with zero attached hydrogens (tertiary/aromatic N) is 1. The van der Waals surface area contributed by atoms with Gasteiger partial charge in [0.05, 0.1) is 19.6 Å². The van der Waals surface area contributed by atoms with Gasteiger partial charge in [0.15, 0.2) is 0 Å². The number of anilines is 1. The summed E-state index contributed by atoms with van der Waals surface area (Å²) in [4.78, 5) is 26.6. The maximum absolute atomic E-state index is 12.6. The molecule has 2 aromatic carbocycles. The van der Waals surface area contributed by atoms with Crippen LogP contribution in [-0.2, 0) is 9.59 Å². The molecular formula is C23H30N2O3. The molecule has 2 aromatic rings. The zero-order valence-corrected chi connectivity index (χ0v) is 17.2. The molecule has 0 atom stereocenters. The first kappa shape index (κ1) is 21.5. The van der Waals surface area contributed by atoms with E-state index in [1.54, 1.807) is 4.90 Å². The third kappa shape index (κ3) is 6.41. The maximum atomic E-state index is 12.6. The van der Waals surface area contributed by atoms with Crippen molar-refractivity contribution in [2.24, 2.45) is 0 Å². The van der Waals surface area contributed by atoms with Crippen molar-refractivity contribution < 1.29 is 14.3 Å². The average Bonchev–Trinajstić information content (AvgIpc) is 2.65. The molecule has 0 fully saturated rings. The summed E-state index contributed by atoms with van der Waals surface area (Å²) in [6, 6.07) is 13.6. The van der Waals surface area contributed by atoms with Crippen LogP contribution in [0, 0.1) is 20.8 Å². The number of nitrogens with one attached hydrogen (secondary N) is 1. The first-order valence-corrected chi connectivity index (χ1v) is 9.74. The zero-order chi connectivity index (χ0) is 20.5. The molecule has 1 N–H and O–H groups in total. The molecule has 0 spiro atoms. The number of aryl methyl sites for hydroxylation is 3. The van der Waals surface area contributed by atoms with Crippen molar-refractivity contribution >= 4 is 17.5 Å². The lowest BCUT2D eigenvalue weighted by molar-refractivity contribution is -0.135. The van der Waals surface area contributed by atoms with E-state index < -0.39 is 0 Å². The van der Waals surface area contributed by atoms with Gasteiger partial charge in [0, 0.05) is 12.2 Å². The molecule has 0 saturated heterocycles. The van der Waals surface area contributed by atoms with E-state index in [9.17, 15) is 9.59 Å². The minimum Gasteiger partial charge on any atom is -0.493 e. The second-order valence-electron chi connectivity index (χ2n) is 7.05. The topological polar surface area (TPSA) is 58.6 Å². The molecule has 0 aromatic heterocycles. The molecule has 5 nitrogen and oxygen atoms in total. The number of hydrogen-bond acceptors (Lipinski definition) is 3. The highest BCUT2D eigenvalue weighted by atomic mass is 16.5. The molecule has 150 valence electrons. The summed E-state index contributed by atoms with van der Waals surface area (Å²) in [6.45, 7) is 8.84. The molecule has 0 aliphatic rings. The Morgan fingerprint density at radius 1 is 1.04 bits per heavy atom. The quantitative estimate of drug-likeness (QED) is 0.705. The van der Waals surface area contributed by atoms with Crippen LogP contribution in [0.1, 0.15) is 36.5 Å². The number of amides is 2. The number of carbonyl (C=O) groups is 2. The lowest BCUT2D eigenvalue weighted by Crippen LogP contribution is -2.39. The van der Waals surface area contributed by atoms with E-state index in [0.29, 0.717) is 13.2 Å². The largest absolute Gasteiger partial charge is 0.493 e. The normalized spacial score (nSPS) is 10.4. The standard InChI is InChI=1S/C23H30N2O3/c1-5-13-25(16-22(26)24-20-9-7-6-8-18(20)3)23(27)12-14-28-21-11-10-17(2)15-19(21)4/h6-11,15H,5,12-14,16H2,1-4H3,(H,24,26). The smallest absolute Gasteiger partial charge is 0.244 e. The SMILES string of the molecule is CCCN(CC(=O)Nc1ccccc1C)C(=O)CCOc1ccc(C)cc1C. The van der Waals surface area contributed by atoms with E-state index >= 15 is 0 Å². The molecule has 2 rings (SSSR count). The summed E-state index contributed by atoms with van der Waals surface area (Å²) in [7, 11) is 0. The van der Waals surface area contributed by atoms with Gasteiger partial charge in [-0.25, -0.2) is 0 Å². The zero-order valence-electron chi connectivity index (χ0n) is 17.2. The number of ether oxygens (including phenoxy) is 1. The highest BCUT2D eigenvalue weighted by Gasteiger charge is 2.17. The number of hydrogen-bond donors (Lipinski definition) is 1. The fourth-order valence-corrected chi connectivity index (χ4v) is 3.01. The van der Waals surface area contributed by atoms with Crippen LogP contribution in [0.15, 0.2) is 42.5 Å². The Morgan fingerprint density at radius 3 is 2.46 bits per heavy atom. The molecule has 0 unspecified atom stereocenters. The van der Waals surface area contributed by atoms with Gasteiger partial charge in [-0.15, -0.1) is 0 Å². The summed E-state index contributed by atoms with van der Waals surface area (Å²) in [6.07, 6.45) is 1.03. The van der Waals surface area contributed by atoms with Crippen LogP contribution >= 0.6 is 0 Å². The van der Waals surface area contributed by atoms with Crippen molar-refractivity contribution in [1.29, 1.82) is 0 Å². The van der Waals surface area contributed by atoms with Gasteiger partial charge in [-0.3, -0.25) is 9.59 Å². The van der Waals surface area contributed by atoms with Gasteiger partial charge < -0.3 is 15.0 Å². The van der Waals surface area contributed by atoms with Crippen LogP contribution in [0.2, 0.25) is 0 Å². The molecule has 5 heteroatoms. The number of benzene rings is 2. The van der Waals surface area contributed by atoms with Crippen LogP contribution in [0.3, 0.4) is 0 Å². The van der Waals surface area contributed by atoms with Gasteiger partial charge in [-0.05, 0) is 50.5 Å². The van der Waals surface area contributed by atoms with E-state index in [2.05, 4.69) is 11.4 Å². The molecule has 0 radical (unpaired) electrons. The van der Waals surface area contributed by atoms with Crippen molar-refractivity contribution in [2.75, 3.05) is 25.0 Å². The molecule has 0 aliphatic heterocycles. The van der Waals surface area contributed by atoms with E-state index in [-0.39, 0.29) is 24.8 Å². The molecule has 0 saturated carbocycles. The highest BCUT2D eigenvalue weighted by molar-refractivity contribution is 5.95. The summed E-state index contributed by atoms with van der Waals surface area (Å²) in [5.41, 5.74) is 3.99. The van der Waals surface area contributed by atoms with Crippen molar-refractivity contribution in [2.45, 2.75) is 40.5 Å². The van der Waals surface area contributed by atoms with Crippen molar-refractivity contribution in [3.8, 4) is 5.75 Å². The summed E-state index contributed by atoms with van der Waals surface area (Å²) in [5, 5.41) is 2.88. The molecule has 0 heterocycles. The van der Waals surface area contributed by atoms with Gasteiger partial charge >= 0.3 is 0 Å². The minimum atomic E-state index is -0.189. The van der Waals surface area contributed by atoms with E-state index in [1.807, 2.05) is 64.1 Å². The Labute approximate surface area is 167 Å². The molecule has 0 bridgehead atoms. The lowest BCUT2D eigenvalue weighted by atomic mass is 10.1. The first-order valence-electron chi connectivity index (χ1n) is 9.74. The third-order valence-electron chi connectivity index (χ3n) is 4.50. The average molecular weight is 383 g/mol. The van der Waals surface area contributed by atoms with E-state index in [0.717, 1.165) is 29.0 Å². The summed E-state index contributed by atoms with van der Waals surface area (Å²) in [5.74, 6) is 0.524. The lowest BCUT2D eigenvalue weighted by Gasteiger charge is -2.22. The van der Waals surface area contributed by atoms with Gasteiger partial charge in [-0.1, -0.05) is 42.8 Å². The second-order valence-corrected chi connectivity index (χ2v) is 7.05. The van der Waals surface area contributed by atoms with Crippen LogP contribution in [-0.4, -0.2) is 36.4 Å². The molecular weight excluding hydrogens is 352 g/mol. The Hall–Kier alpha value is -2.82. The van der Waals surface area contributed by atoms with Gasteiger partial charge in [0.1, 0.15) is 5.75 Å². The summed E-state index contributed by atoms with van der Waals surface area (Å²) < 4.78 is 5.76. The first-order chi connectivity index (χ1) is 13.4. The van der Waals surface area contributed by atoms with Crippen molar-refractivity contribution in [1.82, 2.24) is 4.90 Å². The van der Waals surface area contributed by atoms with Crippen molar-refractivity contribution in [3.63, 3.8) is 0 Å². The summed E-state index contributed by atoms with van der Waals surface area (Å²) >= 11 is 0. The van der Waals surface area contributed by atoms with Crippen LogP contribution in [0.4, 0.5) is 5.69 Å². The van der Waals surface area contributed by atoms with Gasteiger partial charge in [-0.2, -0.15) is 0 Å².